The highest BCUT2D eigenvalue weighted by atomic mass is 16.2. The summed E-state index contributed by atoms with van der Waals surface area (Å²) in [5, 5.41) is 0. The molecule has 2 heterocycles. The summed E-state index contributed by atoms with van der Waals surface area (Å²) in [5.41, 5.74) is 5.44. The van der Waals surface area contributed by atoms with Crippen LogP contribution in [0.1, 0.15) is 23.2 Å². The quantitative estimate of drug-likeness (QED) is 0.754. The fraction of sp³-hybridized carbons (Fsp3) is 0.300. The van der Waals surface area contributed by atoms with Crippen LogP contribution < -0.4 is 10.6 Å². The Balaban J connectivity index is 2.23. The van der Waals surface area contributed by atoms with Crippen LogP contribution in [-0.4, -0.2) is 23.3 Å². The third kappa shape index (κ3) is 1.81. The molecule has 5 nitrogen and oxygen atoms in total. The lowest BCUT2D eigenvalue weighted by molar-refractivity contribution is -0.117. The average Bonchev–Trinajstić information content (AvgIpc) is 2.65. The minimum absolute atomic E-state index is 0.0781. The van der Waals surface area contributed by atoms with E-state index in [1.807, 2.05) is 0 Å². The van der Waals surface area contributed by atoms with Crippen molar-refractivity contribution in [1.82, 2.24) is 4.98 Å². The molecule has 1 aromatic rings. The normalized spacial score (nSPS) is 15.7. The molecule has 5 heteroatoms. The first-order valence-electron chi connectivity index (χ1n) is 4.75. The third-order valence-electron chi connectivity index (χ3n) is 2.38. The van der Waals surface area contributed by atoms with E-state index in [9.17, 15) is 9.59 Å². The van der Waals surface area contributed by atoms with Crippen LogP contribution >= 0.6 is 0 Å². The lowest BCUT2D eigenvalue weighted by Gasteiger charge is -2.13. The molecule has 2 rings (SSSR count). The van der Waals surface area contributed by atoms with Gasteiger partial charge < -0.3 is 5.73 Å². The van der Waals surface area contributed by atoms with E-state index < -0.39 is 5.91 Å². The molecule has 1 aromatic heterocycles. The van der Waals surface area contributed by atoms with E-state index in [0.29, 0.717) is 24.3 Å². The van der Waals surface area contributed by atoms with Gasteiger partial charge in [0, 0.05) is 19.2 Å². The monoisotopic (exact) mass is 205 g/mol. The molecule has 1 saturated heterocycles. The third-order valence-corrected chi connectivity index (χ3v) is 2.38. The lowest BCUT2D eigenvalue weighted by atomic mass is 10.2. The summed E-state index contributed by atoms with van der Waals surface area (Å²) in [7, 11) is 0. The number of primary amides is 1. The van der Waals surface area contributed by atoms with Gasteiger partial charge in [0.2, 0.25) is 11.8 Å². The summed E-state index contributed by atoms with van der Waals surface area (Å²) in [6, 6.07) is 3.22. The van der Waals surface area contributed by atoms with Gasteiger partial charge in [-0.1, -0.05) is 0 Å². The smallest absolute Gasteiger partial charge is 0.250 e. The number of amides is 2. The maximum atomic E-state index is 11.4. The van der Waals surface area contributed by atoms with E-state index in [2.05, 4.69) is 4.98 Å². The van der Waals surface area contributed by atoms with Crippen molar-refractivity contribution in [3.05, 3.63) is 23.9 Å². The van der Waals surface area contributed by atoms with Gasteiger partial charge in [-0.05, 0) is 18.6 Å². The van der Waals surface area contributed by atoms with Crippen molar-refractivity contribution in [3.63, 3.8) is 0 Å². The first-order valence-corrected chi connectivity index (χ1v) is 4.75. The molecule has 1 aliphatic heterocycles. The second-order valence-corrected chi connectivity index (χ2v) is 3.42. The molecule has 0 bridgehead atoms. The van der Waals surface area contributed by atoms with Crippen molar-refractivity contribution in [2.45, 2.75) is 12.8 Å². The minimum Gasteiger partial charge on any atom is -0.366 e. The van der Waals surface area contributed by atoms with Crippen molar-refractivity contribution in [2.75, 3.05) is 11.4 Å². The van der Waals surface area contributed by atoms with Gasteiger partial charge in [0.1, 0.15) is 5.82 Å². The van der Waals surface area contributed by atoms with E-state index in [1.165, 1.54) is 6.20 Å². The standard InChI is InChI=1S/C10H11N3O2/c11-10(15)7-3-4-8(12-6-7)13-5-1-2-9(13)14/h3-4,6H,1-2,5H2,(H2,11,15). The van der Waals surface area contributed by atoms with E-state index in [1.54, 1.807) is 17.0 Å². The van der Waals surface area contributed by atoms with Crippen LogP contribution in [-0.2, 0) is 4.79 Å². The summed E-state index contributed by atoms with van der Waals surface area (Å²) in [4.78, 5) is 27.8. The summed E-state index contributed by atoms with van der Waals surface area (Å²) < 4.78 is 0. The highest BCUT2D eigenvalue weighted by molar-refractivity contribution is 5.95. The Morgan fingerprint density at radius 1 is 1.47 bits per heavy atom. The van der Waals surface area contributed by atoms with Crippen molar-refractivity contribution in [3.8, 4) is 0 Å². The van der Waals surface area contributed by atoms with Crippen LogP contribution in [0.3, 0.4) is 0 Å². The van der Waals surface area contributed by atoms with Crippen molar-refractivity contribution >= 4 is 17.6 Å². The predicted octanol–water partition coefficient (Wildman–Crippen LogP) is 0.307. The average molecular weight is 205 g/mol. The van der Waals surface area contributed by atoms with Crippen molar-refractivity contribution < 1.29 is 9.59 Å². The van der Waals surface area contributed by atoms with E-state index in [4.69, 9.17) is 5.73 Å². The van der Waals surface area contributed by atoms with Gasteiger partial charge >= 0.3 is 0 Å². The van der Waals surface area contributed by atoms with Crippen LogP contribution in [0, 0.1) is 0 Å². The molecule has 2 N–H and O–H groups in total. The van der Waals surface area contributed by atoms with Gasteiger partial charge in [0.15, 0.2) is 0 Å². The van der Waals surface area contributed by atoms with Gasteiger partial charge in [0.05, 0.1) is 5.56 Å². The van der Waals surface area contributed by atoms with Gasteiger partial charge in [-0.2, -0.15) is 0 Å². The van der Waals surface area contributed by atoms with Crippen LogP contribution in [0.25, 0.3) is 0 Å². The molecule has 15 heavy (non-hydrogen) atoms. The minimum atomic E-state index is -0.512. The Morgan fingerprint density at radius 2 is 2.27 bits per heavy atom. The Morgan fingerprint density at radius 3 is 2.73 bits per heavy atom. The highest BCUT2D eigenvalue weighted by Crippen LogP contribution is 2.18. The maximum Gasteiger partial charge on any atom is 0.250 e. The van der Waals surface area contributed by atoms with Gasteiger partial charge in [-0.25, -0.2) is 4.98 Å². The Hall–Kier alpha value is -1.91. The Labute approximate surface area is 86.9 Å². The molecule has 0 aromatic carbocycles. The maximum absolute atomic E-state index is 11.4. The first-order chi connectivity index (χ1) is 7.18. The molecule has 0 unspecified atom stereocenters. The lowest BCUT2D eigenvalue weighted by Crippen LogP contribution is -2.24. The number of anilines is 1. The van der Waals surface area contributed by atoms with Gasteiger partial charge in [-0.15, -0.1) is 0 Å². The fourth-order valence-electron chi connectivity index (χ4n) is 1.58. The molecular formula is C10H11N3O2. The second kappa shape index (κ2) is 3.68. The number of nitrogens with two attached hydrogens (primary N) is 1. The van der Waals surface area contributed by atoms with Gasteiger partial charge in [-0.3, -0.25) is 14.5 Å². The van der Waals surface area contributed by atoms with E-state index in [-0.39, 0.29) is 5.91 Å². The fourth-order valence-corrected chi connectivity index (χ4v) is 1.58. The molecule has 2 amide bonds. The molecule has 0 radical (unpaired) electrons. The molecule has 0 spiro atoms. The van der Waals surface area contributed by atoms with Gasteiger partial charge in [0.25, 0.3) is 0 Å². The van der Waals surface area contributed by atoms with Crippen molar-refractivity contribution in [2.24, 2.45) is 5.73 Å². The first kappa shape index (κ1) is 9.64. The zero-order chi connectivity index (χ0) is 10.8. The summed E-state index contributed by atoms with van der Waals surface area (Å²) in [6.07, 6.45) is 2.82. The number of pyridine rings is 1. The summed E-state index contributed by atoms with van der Waals surface area (Å²) >= 11 is 0. The number of carbonyl (C=O) groups excluding carboxylic acids is 2. The molecule has 1 aliphatic rings. The summed E-state index contributed by atoms with van der Waals surface area (Å²) in [6.45, 7) is 0.696. The SMILES string of the molecule is NC(=O)c1ccc(N2CCCC2=O)nc1. The molecule has 0 atom stereocenters. The number of carbonyl (C=O) groups is 2. The number of hydrogen-bond acceptors (Lipinski definition) is 3. The number of rotatable bonds is 2. The van der Waals surface area contributed by atoms with Crippen LogP contribution in [0.15, 0.2) is 18.3 Å². The molecule has 1 fully saturated rings. The zero-order valence-corrected chi connectivity index (χ0v) is 8.14. The van der Waals surface area contributed by atoms with Crippen LogP contribution in [0.4, 0.5) is 5.82 Å². The number of nitrogens with zero attached hydrogens (tertiary/aromatic N) is 2. The summed E-state index contributed by atoms with van der Waals surface area (Å²) in [5.74, 6) is 0.152. The van der Waals surface area contributed by atoms with E-state index in [0.717, 1.165) is 6.42 Å². The number of aromatic nitrogens is 1. The Bertz CT molecular complexity index is 400. The zero-order valence-electron chi connectivity index (χ0n) is 8.14. The molecular weight excluding hydrogens is 194 g/mol. The van der Waals surface area contributed by atoms with Crippen LogP contribution in [0.5, 0.6) is 0 Å². The van der Waals surface area contributed by atoms with Crippen LogP contribution in [0.2, 0.25) is 0 Å². The number of hydrogen-bond donors (Lipinski definition) is 1. The molecule has 0 saturated carbocycles. The predicted molar refractivity (Wildman–Crippen MR) is 54.3 cm³/mol. The second-order valence-electron chi connectivity index (χ2n) is 3.42. The van der Waals surface area contributed by atoms with E-state index >= 15 is 0 Å². The topological polar surface area (TPSA) is 76.3 Å². The highest BCUT2D eigenvalue weighted by Gasteiger charge is 2.22. The van der Waals surface area contributed by atoms with Crippen molar-refractivity contribution in [1.29, 1.82) is 0 Å². The largest absolute Gasteiger partial charge is 0.366 e. The molecule has 0 aliphatic carbocycles. The Kier molecular flexibility index (Phi) is 2.37. The molecule has 78 valence electrons.